The molecule has 0 spiro atoms. The third kappa shape index (κ3) is 6.77. The van der Waals surface area contributed by atoms with Crippen LogP contribution in [0.5, 0.6) is 0 Å². The van der Waals surface area contributed by atoms with Gasteiger partial charge < -0.3 is 25.2 Å². The van der Waals surface area contributed by atoms with Crippen LogP contribution in [-0.4, -0.2) is 47.9 Å². The first-order valence-corrected chi connectivity index (χ1v) is 14.2. The average Bonchev–Trinajstić information content (AvgIpc) is 3.31. The largest absolute Gasteiger partial charge is 0.480 e. The van der Waals surface area contributed by atoms with Crippen molar-refractivity contribution in [3.63, 3.8) is 0 Å². The van der Waals surface area contributed by atoms with Crippen LogP contribution in [0.3, 0.4) is 0 Å². The van der Waals surface area contributed by atoms with Gasteiger partial charge in [0.2, 0.25) is 5.91 Å². The fraction of sp³-hybridized carbons (Fsp3) is 0.364. The molecule has 2 aliphatic rings. The van der Waals surface area contributed by atoms with E-state index in [1.54, 1.807) is 6.92 Å². The second-order valence-electron chi connectivity index (χ2n) is 10.9. The van der Waals surface area contributed by atoms with E-state index < -0.39 is 30.1 Å². The SMILES string of the molecule is CC(OCc1ccccc1)C(NC(=O)[C@@H]1CCC[C@H](NC(=O)OCC2c3ccccc3-c3ccccc32)C1)C(=O)O. The Bertz CT molecular complexity index is 1330. The van der Waals surface area contributed by atoms with Crippen molar-refractivity contribution >= 4 is 18.0 Å². The molecule has 2 aliphatic carbocycles. The lowest BCUT2D eigenvalue weighted by Crippen LogP contribution is -2.51. The lowest BCUT2D eigenvalue weighted by Gasteiger charge is -2.30. The normalized spacial score (nSPS) is 19.3. The van der Waals surface area contributed by atoms with Crippen LogP contribution in [0.2, 0.25) is 0 Å². The maximum Gasteiger partial charge on any atom is 0.407 e. The summed E-state index contributed by atoms with van der Waals surface area (Å²) in [4.78, 5) is 37.8. The molecule has 41 heavy (non-hydrogen) atoms. The Morgan fingerprint density at radius 3 is 2.20 bits per heavy atom. The van der Waals surface area contributed by atoms with E-state index in [1.165, 1.54) is 0 Å². The van der Waals surface area contributed by atoms with Crippen LogP contribution in [0.4, 0.5) is 4.79 Å². The van der Waals surface area contributed by atoms with Gasteiger partial charge in [0.15, 0.2) is 6.04 Å². The van der Waals surface area contributed by atoms with E-state index >= 15 is 0 Å². The summed E-state index contributed by atoms with van der Waals surface area (Å²) in [5, 5.41) is 15.4. The van der Waals surface area contributed by atoms with E-state index in [2.05, 4.69) is 34.9 Å². The van der Waals surface area contributed by atoms with Gasteiger partial charge in [-0.3, -0.25) is 4.79 Å². The van der Waals surface area contributed by atoms with Crippen LogP contribution < -0.4 is 10.6 Å². The molecule has 3 aromatic carbocycles. The smallest absolute Gasteiger partial charge is 0.407 e. The van der Waals surface area contributed by atoms with Crippen molar-refractivity contribution in [2.45, 2.75) is 63.3 Å². The van der Waals surface area contributed by atoms with Crippen LogP contribution in [0.25, 0.3) is 11.1 Å². The number of carbonyl (C=O) groups excluding carboxylic acids is 2. The van der Waals surface area contributed by atoms with Gasteiger partial charge in [-0.25, -0.2) is 9.59 Å². The van der Waals surface area contributed by atoms with Gasteiger partial charge in [0, 0.05) is 17.9 Å². The van der Waals surface area contributed by atoms with Gasteiger partial charge in [-0.05, 0) is 54.0 Å². The van der Waals surface area contributed by atoms with E-state index in [0.29, 0.717) is 12.8 Å². The van der Waals surface area contributed by atoms with E-state index in [-0.39, 0.29) is 31.1 Å². The number of ether oxygens (including phenoxy) is 2. The number of hydrogen-bond acceptors (Lipinski definition) is 5. The van der Waals surface area contributed by atoms with E-state index in [9.17, 15) is 19.5 Å². The van der Waals surface area contributed by atoms with Crippen LogP contribution >= 0.6 is 0 Å². The number of carboxylic acid groups (broad SMARTS) is 1. The second kappa shape index (κ2) is 13.0. The van der Waals surface area contributed by atoms with Gasteiger partial charge in [0.1, 0.15) is 6.61 Å². The van der Waals surface area contributed by atoms with Gasteiger partial charge >= 0.3 is 12.1 Å². The highest BCUT2D eigenvalue weighted by atomic mass is 16.5. The first kappa shape index (κ1) is 28.4. The molecular weight excluding hydrogens is 520 g/mol. The van der Waals surface area contributed by atoms with Crippen molar-refractivity contribution in [1.82, 2.24) is 10.6 Å². The van der Waals surface area contributed by atoms with Gasteiger partial charge in [-0.1, -0.05) is 85.3 Å². The molecule has 3 aromatic rings. The zero-order valence-electron chi connectivity index (χ0n) is 23.1. The van der Waals surface area contributed by atoms with Crippen LogP contribution in [0, 0.1) is 5.92 Å². The summed E-state index contributed by atoms with van der Waals surface area (Å²) in [5.41, 5.74) is 5.54. The summed E-state index contributed by atoms with van der Waals surface area (Å²) in [6, 6.07) is 24.4. The molecule has 2 amide bonds. The number of fused-ring (bicyclic) bond motifs is 3. The molecule has 8 heteroatoms. The van der Waals surface area contributed by atoms with Gasteiger partial charge in [0.25, 0.3) is 0 Å². The fourth-order valence-electron chi connectivity index (χ4n) is 5.91. The summed E-state index contributed by atoms with van der Waals surface area (Å²) < 4.78 is 11.4. The lowest BCUT2D eigenvalue weighted by atomic mass is 9.85. The predicted molar refractivity (Wildman–Crippen MR) is 154 cm³/mol. The monoisotopic (exact) mass is 556 g/mol. The molecule has 2 unspecified atom stereocenters. The molecule has 0 aliphatic heterocycles. The summed E-state index contributed by atoms with van der Waals surface area (Å²) >= 11 is 0. The van der Waals surface area contributed by atoms with Crippen molar-refractivity contribution in [3.05, 3.63) is 95.6 Å². The minimum absolute atomic E-state index is 0.0305. The van der Waals surface area contributed by atoms with Gasteiger partial charge in [-0.2, -0.15) is 0 Å². The maximum atomic E-state index is 13.1. The Kier molecular flexibility index (Phi) is 8.99. The van der Waals surface area contributed by atoms with Crippen molar-refractivity contribution in [3.8, 4) is 11.1 Å². The molecule has 4 atom stereocenters. The molecule has 8 nitrogen and oxygen atoms in total. The highest BCUT2D eigenvalue weighted by Gasteiger charge is 2.34. The first-order chi connectivity index (χ1) is 19.9. The highest BCUT2D eigenvalue weighted by molar-refractivity contribution is 5.85. The number of aliphatic carboxylic acids is 1. The molecule has 1 fully saturated rings. The molecule has 1 saturated carbocycles. The molecule has 0 saturated heterocycles. The average molecular weight is 557 g/mol. The third-order valence-corrected chi connectivity index (χ3v) is 8.10. The number of rotatable bonds is 10. The minimum Gasteiger partial charge on any atom is -0.480 e. The van der Waals surface area contributed by atoms with Crippen LogP contribution in [-0.2, 0) is 25.7 Å². The zero-order chi connectivity index (χ0) is 28.8. The van der Waals surface area contributed by atoms with Crippen molar-refractivity contribution < 1.29 is 29.0 Å². The van der Waals surface area contributed by atoms with Crippen LogP contribution in [0.1, 0.15) is 55.2 Å². The van der Waals surface area contributed by atoms with E-state index in [0.717, 1.165) is 40.7 Å². The van der Waals surface area contributed by atoms with Gasteiger partial charge in [-0.15, -0.1) is 0 Å². The van der Waals surface area contributed by atoms with Crippen molar-refractivity contribution in [2.24, 2.45) is 5.92 Å². The highest BCUT2D eigenvalue weighted by Crippen LogP contribution is 2.44. The Labute approximate surface area is 240 Å². The summed E-state index contributed by atoms with van der Waals surface area (Å²) in [6.45, 7) is 2.11. The molecule has 0 bridgehead atoms. The minimum atomic E-state index is -1.18. The molecular formula is C33H36N2O6. The molecule has 3 N–H and O–H groups in total. The maximum absolute atomic E-state index is 13.1. The summed E-state index contributed by atoms with van der Waals surface area (Å²) in [5.74, 6) is -1.93. The molecule has 214 valence electrons. The summed E-state index contributed by atoms with van der Waals surface area (Å²) in [6.07, 6.45) is 1.28. The Hall–Kier alpha value is -4.17. The number of nitrogens with one attached hydrogen (secondary N) is 2. The fourth-order valence-corrected chi connectivity index (χ4v) is 5.91. The summed E-state index contributed by atoms with van der Waals surface area (Å²) in [7, 11) is 0. The van der Waals surface area contributed by atoms with Gasteiger partial charge in [0.05, 0.1) is 12.7 Å². The number of amides is 2. The Morgan fingerprint density at radius 2 is 1.54 bits per heavy atom. The molecule has 0 radical (unpaired) electrons. The third-order valence-electron chi connectivity index (χ3n) is 8.10. The number of carbonyl (C=O) groups is 3. The zero-order valence-corrected chi connectivity index (χ0v) is 23.1. The van der Waals surface area contributed by atoms with Crippen molar-refractivity contribution in [1.29, 1.82) is 0 Å². The number of hydrogen-bond donors (Lipinski definition) is 3. The van der Waals surface area contributed by atoms with Crippen molar-refractivity contribution in [2.75, 3.05) is 6.61 Å². The van der Waals surface area contributed by atoms with E-state index in [1.807, 2.05) is 54.6 Å². The predicted octanol–water partition coefficient (Wildman–Crippen LogP) is 5.26. The standard InChI is InChI=1S/C33H36N2O6/c1-21(40-19-22-10-3-2-4-11-22)30(32(37)38)35-31(36)23-12-9-13-24(18-23)34-33(39)41-20-29-27-16-7-5-14-25(27)26-15-6-8-17-28(26)29/h2-8,10-11,14-17,21,23-24,29-30H,9,12-13,18-20H2,1H3,(H,34,39)(H,35,36)(H,37,38)/t21?,23-,24+,30?/m1/s1. The lowest BCUT2D eigenvalue weighted by molar-refractivity contribution is -0.147. The number of alkyl carbamates (subject to hydrolysis) is 1. The first-order valence-electron chi connectivity index (χ1n) is 14.2. The second-order valence-corrected chi connectivity index (χ2v) is 10.9. The number of carboxylic acids is 1. The molecule has 5 rings (SSSR count). The topological polar surface area (TPSA) is 114 Å². The Morgan fingerprint density at radius 1 is 0.902 bits per heavy atom. The number of benzene rings is 3. The molecule has 0 aromatic heterocycles. The van der Waals surface area contributed by atoms with Crippen LogP contribution in [0.15, 0.2) is 78.9 Å². The quantitative estimate of drug-likeness (QED) is 0.314. The Balaban J connectivity index is 1.12. The van der Waals surface area contributed by atoms with E-state index in [4.69, 9.17) is 9.47 Å². The molecule has 0 heterocycles.